The Morgan fingerprint density at radius 1 is 0.962 bits per heavy atom. The molecule has 0 aliphatic carbocycles. The molecule has 0 radical (unpaired) electrons. The third-order valence-electron chi connectivity index (χ3n) is 4.32. The first-order valence-electron chi connectivity index (χ1n) is 8.57. The molecule has 1 N–H and O–H groups in total. The van der Waals surface area contributed by atoms with Gasteiger partial charge in [0.15, 0.2) is 0 Å². The maximum atomic E-state index is 12.6. The molecule has 1 heterocycles. The van der Waals surface area contributed by atoms with Crippen LogP contribution in [0.25, 0.3) is 0 Å². The Bertz CT molecular complexity index is 1020. The lowest BCUT2D eigenvalue weighted by Crippen LogP contribution is -2.22. The van der Waals surface area contributed by atoms with Gasteiger partial charge in [-0.2, -0.15) is 0 Å². The van der Waals surface area contributed by atoms with E-state index in [9.17, 15) is 9.59 Å². The number of aryl methyl sites for hydroxylation is 3. The van der Waals surface area contributed by atoms with Crippen LogP contribution in [0.1, 0.15) is 32.6 Å². The molecule has 1 amide bonds. The zero-order valence-electron chi connectivity index (χ0n) is 15.2. The van der Waals surface area contributed by atoms with Crippen molar-refractivity contribution in [3.63, 3.8) is 0 Å². The molecule has 0 atom stereocenters. The molecule has 26 heavy (non-hydrogen) atoms. The minimum Gasteiger partial charge on any atom is -0.322 e. The summed E-state index contributed by atoms with van der Waals surface area (Å²) in [5, 5.41) is 2.93. The zero-order chi connectivity index (χ0) is 18.7. The zero-order valence-corrected chi connectivity index (χ0v) is 15.2. The first kappa shape index (κ1) is 17.7. The molecule has 0 aliphatic heterocycles. The normalized spacial score (nSPS) is 10.6. The molecule has 4 heteroatoms. The first-order valence-corrected chi connectivity index (χ1v) is 8.57. The molecule has 4 nitrogen and oxygen atoms in total. The van der Waals surface area contributed by atoms with Crippen LogP contribution in [0.4, 0.5) is 5.69 Å². The fourth-order valence-corrected chi connectivity index (χ4v) is 2.86. The van der Waals surface area contributed by atoms with Crippen molar-refractivity contribution in [2.24, 2.45) is 0 Å². The van der Waals surface area contributed by atoms with Crippen molar-refractivity contribution in [1.29, 1.82) is 0 Å². The summed E-state index contributed by atoms with van der Waals surface area (Å²) >= 11 is 0. The second kappa shape index (κ2) is 7.40. The van der Waals surface area contributed by atoms with Gasteiger partial charge >= 0.3 is 0 Å². The number of carbonyl (C=O) groups excluding carboxylic acids is 1. The van der Waals surface area contributed by atoms with Gasteiger partial charge in [-0.1, -0.05) is 42.0 Å². The van der Waals surface area contributed by atoms with Crippen LogP contribution in [0.3, 0.4) is 0 Å². The third kappa shape index (κ3) is 4.09. The van der Waals surface area contributed by atoms with Crippen LogP contribution in [-0.4, -0.2) is 10.5 Å². The maximum Gasteiger partial charge on any atom is 0.257 e. The molecule has 0 saturated heterocycles. The Labute approximate surface area is 153 Å². The summed E-state index contributed by atoms with van der Waals surface area (Å²) in [6, 6.07) is 16.9. The highest BCUT2D eigenvalue weighted by Gasteiger charge is 2.10. The van der Waals surface area contributed by atoms with Gasteiger partial charge in [0.05, 0.1) is 12.1 Å². The summed E-state index contributed by atoms with van der Waals surface area (Å²) in [4.78, 5) is 24.8. The van der Waals surface area contributed by atoms with E-state index in [2.05, 4.69) is 5.32 Å². The van der Waals surface area contributed by atoms with Crippen LogP contribution in [0.2, 0.25) is 0 Å². The Morgan fingerprint density at radius 2 is 1.73 bits per heavy atom. The Balaban J connectivity index is 1.85. The summed E-state index contributed by atoms with van der Waals surface area (Å²) < 4.78 is 1.56. The van der Waals surface area contributed by atoms with E-state index in [-0.39, 0.29) is 11.5 Å². The molecule has 0 saturated carbocycles. The van der Waals surface area contributed by atoms with E-state index in [0.29, 0.717) is 12.1 Å². The Kier molecular flexibility index (Phi) is 5.03. The van der Waals surface area contributed by atoms with Crippen molar-refractivity contribution in [1.82, 2.24) is 4.57 Å². The first-order chi connectivity index (χ1) is 12.4. The molecular formula is C22H22N2O2. The van der Waals surface area contributed by atoms with Crippen molar-refractivity contribution in [3.8, 4) is 0 Å². The van der Waals surface area contributed by atoms with Crippen LogP contribution < -0.4 is 10.9 Å². The van der Waals surface area contributed by atoms with E-state index in [1.165, 1.54) is 6.07 Å². The van der Waals surface area contributed by atoms with Gasteiger partial charge in [-0.3, -0.25) is 9.59 Å². The van der Waals surface area contributed by atoms with Gasteiger partial charge in [0.1, 0.15) is 0 Å². The summed E-state index contributed by atoms with van der Waals surface area (Å²) in [7, 11) is 0. The highest BCUT2D eigenvalue weighted by atomic mass is 16.2. The molecule has 0 bridgehead atoms. The fourth-order valence-electron chi connectivity index (χ4n) is 2.86. The van der Waals surface area contributed by atoms with Crippen molar-refractivity contribution in [3.05, 3.63) is 99.0 Å². The number of pyridine rings is 1. The average molecular weight is 346 g/mol. The minimum atomic E-state index is -0.225. The van der Waals surface area contributed by atoms with Gasteiger partial charge in [0.25, 0.3) is 11.5 Å². The highest BCUT2D eigenvalue weighted by Crippen LogP contribution is 2.17. The van der Waals surface area contributed by atoms with Gasteiger partial charge in [-0.15, -0.1) is 0 Å². The van der Waals surface area contributed by atoms with Crippen molar-refractivity contribution in [2.45, 2.75) is 27.3 Å². The number of aromatic nitrogens is 1. The van der Waals surface area contributed by atoms with E-state index in [4.69, 9.17) is 0 Å². The van der Waals surface area contributed by atoms with Gasteiger partial charge < -0.3 is 9.88 Å². The predicted octanol–water partition coefficient (Wildman–Crippen LogP) is 4.07. The third-order valence-corrected chi connectivity index (χ3v) is 4.32. The van der Waals surface area contributed by atoms with E-state index in [1.807, 2.05) is 63.2 Å². The average Bonchev–Trinajstić information content (AvgIpc) is 2.60. The van der Waals surface area contributed by atoms with Crippen LogP contribution >= 0.6 is 0 Å². The molecule has 0 spiro atoms. The maximum absolute atomic E-state index is 12.6. The summed E-state index contributed by atoms with van der Waals surface area (Å²) in [5.74, 6) is -0.225. The SMILES string of the molecule is Cc1cccc(Cn2cc(C(=O)Nc3cc(C)ccc3C)ccc2=O)c1. The number of nitrogens with one attached hydrogen (secondary N) is 1. The number of carbonyl (C=O) groups is 1. The second-order valence-electron chi connectivity index (χ2n) is 6.65. The standard InChI is InChI=1S/C22H22N2O2/c1-15-5-4-6-18(11-15)13-24-14-19(9-10-21(24)25)22(26)23-20-12-16(2)7-8-17(20)3/h4-12,14H,13H2,1-3H3,(H,23,26). The number of hydrogen-bond donors (Lipinski definition) is 1. The molecular weight excluding hydrogens is 324 g/mol. The number of anilines is 1. The lowest BCUT2D eigenvalue weighted by Gasteiger charge is -2.11. The van der Waals surface area contributed by atoms with Gasteiger partial charge in [0.2, 0.25) is 0 Å². The van der Waals surface area contributed by atoms with Gasteiger partial charge in [-0.05, 0) is 49.6 Å². The monoisotopic (exact) mass is 346 g/mol. The Hall–Kier alpha value is -3.14. The molecule has 3 aromatic rings. The van der Waals surface area contributed by atoms with Crippen LogP contribution in [0, 0.1) is 20.8 Å². The number of nitrogens with zero attached hydrogens (tertiary/aromatic N) is 1. The predicted molar refractivity (Wildman–Crippen MR) is 105 cm³/mol. The summed E-state index contributed by atoms with van der Waals surface area (Å²) in [6.45, 7) is 6.39. The lowest BCUT2D eigenvalue weighted by atomic mass is 10.1. The topological polar surface area (TPSA) is 51.1 Å². The molecule has 0 aliphatic rings. The van der Waals surface area contributed by atoms with Crippen molar-refractivity contribution < 1.29 is 4.79 Å². The Morgan fingerprint density at radius 3 is 2.50 bits per heavy atom. The summed E-state index contributed by atoms with van der Waals surface area (Å²) in [5.41, 5.74) is 5.35. The van der Waals surface area contributed by atoms with Crippen LogP contribution in [0.15, 0.2) is 65.6 Å². The molecule has 3 rings (SSSR count). The quantitative estimate of drug-likeness (QED) is 0.774. The van der Waals surface area contributed by atoms with Gasteiger partial charge in [0, 0.05) is 18.0 Å². The lowest BCUT2D eigenvalue weighted by molar-refractivity contribution is 0.102. The largest absolute Gasteiger partial charge is 0.322 e. The second-order valence-corrected chi connectivity index (χ2v) is 6.65. The van der Waals surface area contributed by atoms with E-state index >= 15 is 0 Å². The molecule has 0 unspecified atom stereocenters. The van der Waals surface area contributed by atoms with E-state index < -0.39 is 0 Å². The van der Waals surface area contributed by atoms with Gasteiger partial charge in [-0.25, -0.2) is 0 Å². The highest BCUT2D eigenvalue weighted by molar-refractivity contribution is 6.04. The fraction of sp³-hybridized carbons (Fsp3) is 0.182. The van der Waals surface area contributed by atoms with E-state index in [1.54, 1.807) is 16.8 Å². The summed E-state index contributed by atoms with van der Waals surface area (Å²) in [6.07, 6.45) is 1.62. The number of hydrogen-bond acceptors (Lipinski definition) is 2. The molecule has 2 aromatic carbocycles. The van der Waals surface area contributed by atoms with Crippen LogP contribution in [0.5, 0.6) is 0 Å². The smallest absolute Gasteiger partial charge is 0.257 e. The number of rotatable bonds is 4. The van der Waals surface area contributed by atoms with Crippen LogP contribution in [-0.2, 0) is 6.54 Å². The number of benzene rings is 2. The molecule has 1 aromatic heterocycles. The van der Waals surface area contributed by atoms with Crippen molar-refractivity contribution in [2.75, 3.05) is 5.32 Å². The molecule has 132 valence electrons. The molecule has 0 fully saturated rings. The van der Waals surface area contributed by atoms with E-state index in [0.717, 1.165) is 27.9 Å². The van der Waals surface area contributed by atoms with Crippen molar-refractivity contribution >= 4 is 11.6 Å². The number of amides is 1. The minimum absolute atomic E-state index is 0.130.